The molecule has 0 fully saturated rings. The number of carbonyl (C=O) groups is 1. The Kier molecular flexibility index (Phi) is 31.1. The molecule has 161 valence electrons. The number of carbonyl (C=O) groups excluding carboxylic acids is 1. The Bertz CT molecular complexity index is 255. The fourth-order valence-corrected chi connectivity index (χ4v) is 6.63. The molecule has 0 saturated heterocycles. The Morgan fingerprint density at radius 3 is 1.26 bits per heavy atom. The molecule has 0 atom stereocenters. The number of hydrogen-bond acceptors (Lipinski definition) is 2. The van der Waals surface area contributed by atoms with Crippen LogP contribution in [0.3, 0.4) is 0 Å². The first-order valence-corrected chi connectivity index (χ1v) is 16.1. The first-order chi connectivity index (χ1) is 13.2. The van der Waals surface area contributed by atoms with Crippen LogP contribution in [0, 0.1) is 0 Å². The summed E-state index contributed by atoms with van der Waals surface area (Å²) in [6, 6.07) is 0. The molecule has 0 heterocycles. The van der Waals surface area contributed by atoms with E-state index in [4.69, 9.17) is 0 Å². The zero-order chi connectivity index (χ0) is 20.4. The molecule has 0 bridgehead atoms. The van der Waals surface area contributed by atoms with Crippen LogP contribution >= 0.6 is 0 Å². The Labute approximate surface area is 181 Å². The molecule has 27 heavy (non-hydrogen) atoms. The van der Waals surface area contributed by atoms with Crippen LogP contribution in [0.5, 0.6) is 0 Å². The van der Waals surface area contributed by atoms with Crippen molar-refractivity contribution >= 4 is 27.1 Å². The zero-order valence-electron chi connectivity index (χ0n) is 19.0. The van der Waals surface area contributed by atoms with Gasteiger partial charge in [-0.15, -0.1) is 0 Å². The molecule has 0 aromatic carbocycles. The van der Waals surface area contributed by atoms with Gasteiger partial charge in [-0.3, -0.25) is 0 Å². The summed E-state index contributed by atoms with van der Waals surface area (Å²) >= 11 is 0.0736. The molecule has 0 unspecified atom stereocenters. The molecular weight excluding hydrogens is 439 g/mol. The van der Waals surface area contributed by atoms with Crippen molar-refractivity contribution in [1.82, 2.24) is 0 Å². The van der Waals surface area contributed by atoms with Gasteiger partial charge < -0.3 is 9.90 Å². The zero-order valence-corrected chi connectivity index (χ0v) is 21.8. The van der Waals surface area contributed by atoms with Gasteiger partial charge in [0, 0.05) is 5.97 Å². The molecule has 0 aliphatic carbocycles. The van der Waals surface area contributed by atoms with Crippen molar-refractivity contribution < 1.29 is 9.90 Å². The fourth-order valence-electron chi connectivity index (χ4n) is 3.06. The number of carboxylic acids is 1. The van der Waals surface area contributed by atoms with Gasteiger partial charge in [-0.05, 0) is 12.8 Å². The fraction of sp³-hybridized carbons (Fsp3) is 0.958. The van der Waals surface area contributed by atoms with Gasteiger partial charge in [0.15, 0.2) is 0 Å². The predicted molar refractivity (Wildman–Crippen MR) is 121 cm³/mol. The normalized spacial score (nSPS) is 10.3. The first kappa shape index (κ1) is 29.5. The summed E-state index contributed by atoms with van der Waals surface area (Å²) in [6.45, 7) is 6.74. The second-order valence-corrected chi connectivity index (χ2v) is 12.1. The van der Waals surface area contributed by atoms with E-state index in [0.29, 0.717) is 0 Å². The SMILES string of the molecule is CCCCCCCC(=O)[O-].CCCCCCC[CH2][Sn+][CH2]CCCCCCC. The molecule has 0 spiro atoms. The van der Waals surface area contributed by atoms with E-state index in [1.54, 1.807) is 21.7 Å². The van der Waals surface area contributed by atoms with E-state index in [1.807, 2.05) is 0 Å². The Morgan fingerprint density at radius 2 is 0.889 bits per heavy atom. The molecular formula is C24H49O2Sn. The topological polar surface area (TPSA) is 40.1 Å². The third-order valence-corrected chi connectivity index (χ3v) is 8.93. The van der Waals surface area contributed by atoms with Gasteiger partial charge in [0.2, 0.25) is 0 Å². The van der Waals surface area contributed by atoms with Crippen LogP contribution in [0.4, 0.5) is 0 Å². The molecule has 0 aromatic heterocycles. The Hall–Kier alpha value is 0.269. The molecule has 0 amide bonds. The Balaban J connectivity index is 0. The standard InChI is InChI=1S/C8H16O2.2C8H17.Sn/c1-2-3-4-5-6-7-8(9)10;2*1-3-5-7-8-6-4-2;/h2-7H2,1H3,(H,9,10);2*1,3-8H2,2H3;/q;;;+1/p-1. The molecule has 1 radical (unpaired) electrons. The summed E-state index contributed by atoms with van der Waals surface area (Å²) in [6.07, 6.45) is 23.4. The third-order valence-electron chi connectivity index (χ3n) is 4.90. The van der Waals surface area contributed by atoms with Crippen LogP contribution in [0.1, 0.15) is 136 Å². The Morgan fingerprint density at radius 1 is 0.556 bits per heavy atom. The van der Waals surface area contributed by atoms with E-state index < -0.39 is 5.97 Å². The molecule has 0 N–H and O–H groups in total. The van der Waals surface area contributed by atoms with Crippen molar-refractivity contribution in [3.8, 4) is 0 Å². The average molecular weight is 488 g/mol. The first-order valence-electron chi connectivity index (χ1n) is 12.1. The predicted octanol–water partition coefficient (Wildman–Crippen LogP) is 7.35. The van der Waals surface area contributed by atoms with Crippen LogP contribution in [0.15, 0.2) is 0 Å². The van der Waals surface area contributed by atoms with Crippen molar-refractivity contribution in [1.29, 1.82) is 0 Å². The molecule has 0 rings (SSSR count). The van der Waals surface area contributed by atoms with Crippen molar-refractivity contribution in [3.63, 3.8) is 0 Å². The van der Waals surface area contributed by atoms with E-state index >= 15 is 0 Å². The van der Waals surface area contributed by atoms with Gasteiger partial charge >= 0.3 is 121 Å². The summed E-state index contributed by atoms with van der Waals surface area (Å²) in [5.74, 6) is -0.920. The number of unbranched alkanes of at least 4 members (excludes halogenated alkanes) is 14. The maximum atomic E-state index is 9.92. The van der Waals surface area contributed by atoms with Gasteiger partial charge in [-0.25, -0.2) is 0 Å². The van der Waals surface area contributed by atoms with Crippen molar-refractivity contribution in [2.24, 2.45) is 0 Å². The van der Waals surface area contributed by atoms with Crippen LogP contribution in [-0.2, 0) is 4.79 Å². The molecule has 0 saturated carbocycles. The number of carboxylic acid groups (broad SMARTS) is 1. The molecule has 0 aliphatic heterocycles. The molecule has 2 nitrogen and oxygen atoms in total. The van der Waals surface area contributed by atoms with Gasteiger partial charge in [0.1, 0.15) is 0 Å². The summed E-state index contributed by atoms with van der Waals surface area (Å²) in [7, 11) is 0. The minimum absolute atomic E-state index is 0.0736. The summed E-state index contributed by atoms with van der Waals surface area (Å²) in [5.41, 5.74) is 0. The van der Waals surface area contributed by atoms with E-state index in [0.717, 1.165) is 19.3 Å². The average Bonchev–Trinajstić information content (AvgIpc) is 2.66. The van der Waals surface area contributed by atoms with E-state index in [9.17, 15) is 9.90 Å². The van der Waals surface area contributed by atoms with Crippen LogP contribution < -0.4 is 5.11 Å². The van der Waals surface area contributed by atoms with E-state index in [2.05, 4.69) is 20.8 Å². The monoisotopic (exact) mass is 489 g/mol. The van der Waals surface area contributed by atoms with Crippen molar-refractivity contribution in [2.75, 3.05) is 0 Å². The number of hydrogen-bond donors (Lipinski definition) is 0. The molecule has 0 aliphatic rings. The quantitative estimate of drug-likeness (QED) is 0.133. The van der Waals surface area contributed by atoms with Crippen LogP contribution in [-0.4, -0.2) is 27.1 Å². The summed E-state index contributed by atoms with van der Waals surface area (Å²) < 4.78 is 3.31. The third kappa shape index (κ3) is 34.2. The van der Waals surface area contributed by atoms with Crippen molar-refractivity contribution in [2.45, 2.75) is 145 Å². The molecule has 3 heteroatoms. The van der Waals surface area contributed by atoms with Crippen LogP contribution in [0.25, 0.3) is 0 Å². The number of rotatable bonds is 20. The second kappa shape index (κ2) is 28.5. The van der Waals surface area contributed by atoms with E-state index in [-0.39, 0.29) is 27.6 Å². The van der Waals surface area contributed by atoms with E-state index in [1.165, 1.54) is 77.0 Å². The minimum atomic E-state index is -0.920. The summed E-state index contributed by atoms with van der Waals surface area (Å²) in [4.78, 5) is 9.92. The van der Waals surface area contributed by atoms with Gasteiger partial charge in [0.05, 0.1) is 0 Å². The maximum absolute atomic E-state index is 9.92. The van der Waals surface area contributed by atoms with Gasteiger partial charge in [0.25, 0.3) is 0 Å². The van der Waals surface area contributed by atoms with Gasteiger partial charge in [-0.1, -0.05) is 32.6 Å². The second-order valence-electron chi connectivity index (χ2n) is 7.82. The van der Waals surface area contributed by atoms with Crippen molar-refractivity contribution in [3.05, 3.63) is 0 Å². The van der Waals surface area contributed by atoms with Crippen LogP contribution in [0.2, 0.25) is 8.87 Å². The molecule has 0 aromatic rings. The van der Waals surface area contributed by atoms with Gasteiger partial charge in [-0.2, -0.15) is 0 Å². The summed E-state index contributed by atoms with van der Waals surface area (Å²) in [5, 5.41) is 9.92. The number of aliphatic carboxylic acids is 1.